The van der Waals surface area contributed by atoms with Gasteiger partial charge in [-0.1, -0.05) is 41.6 Å². The summed E-state index contributed by atoms with van der Waals surface area (Å²) in [5.41, 5.74) is 4.84. The molecule has 2 atom stereocenters. The lowest BCUT2D eigenvalue weighted by atomic mass is 9.72. The molecular formula is C23H20N2O4. The van der Waals surface area contributed by atoms with Crippen molar-refractivity contribution < 1.29 is 19.5 Å². The predicted molar refractivity (Wildman–Crippen MR) is 107 cm³/mol. The van der Waals surface area contributed by atoms with Crippen molar-refractivity contribution in [1.29, 1.82) is 0 Å². The number of hydrogen-bond donors (Lipinski definition) is 3. The Hall–Kier alpha value is -3.54. The number of anilines is 1. The van der Waals surface area contributed by atoms with Gasteiger partial charge in [-0.3, -0.25) is 4.79 Å². The fraction of sp³-hybridized carbons (Fsp3) is 0.217. The van der Waals surface area contributed by atoms with Crippen molar-refractivity contribution in [2.45, 2.75) is 31.6 Å². The van der Waals surface area contributed by atoms with Crippen LogP contribution in [0.5, 0.6) is 11.5 Å². The smallest absolute Gasteiger partial charge is 0.233 e. The van der Waals surface area contributed by atoms with E-state index in [0.29, 0.717) is 35.6 Å². The first-order valence-corrected chi connectivity index (χ1v) is 9.59. The summed E-state index contributed by atoms with van der Waals surface area (Å²) in [7, 11) is 0. The van der Waals surface area contributed by atoms with Crippen molar-refractivity contribution in [3.63, 3.8) is 0 Å². The monoisotopic (exact) mass is 388 g/mol. The molecule has 2 heterocycles. The maximum Gasteiger partial charge on any atom is 0.233 e. The molecule has 0 saturated heterocycles. The topological polar surface area (TPSA) is 95.6 Å². The molecule has 0 radical (unpaired) electrons. The van der Waals surface area contributed by atoms with Crippen LogP contribution in [0.25, 0.3) is 0 Å². The van der Waals surface area contributed by atoms with Crippen LogP contribution in [0.4, 0.5) is 5.88 Å². The zero-order valence-corrected chi connectivity index (χ0v) is 15.8. The minimum Gasteiger partial charge on any atom is -0.504 e. The number of nitrogens with one attached hydrogen (secondary N) is 1. The molecule has 0 bridgehead atoms. The van der Waals surface area contributed by atoms with Gasteiger partial charge in [0.2, 0.25) is 5.88 Å². The Morgan fingerprint density at radius 1 is 1.03 bits per heavy atom. The highest BCUT2D eigenvalue weighted by Crippen LogP contribution is 2.49. The molecule has 2 aliphatic rings. The Balaban J connectivity index is 1.64. The van der Waals surface area contributed by atoms with E-state index in [2.05, 4.69) is 10.5 Å². The zero-order valence-electron chi connectivity index (χ0n) is 15.8. The molecule has 3 N–H and O–H groups in total. The number of carbonyl (C=O) groups is 1. The van der Waals surface area contributed by atoms with Gasteiger partial charge in [0.25, 0.3) is 0 Å². The van der Waals surface area contributed by atoms with Gasteiger partial charge in [-0.2, -0.15) is 0 Å². The molecule has 3 aromatic rings. The highest BCUT2D eigenvalue weighted by atomic mass is 16.5. The number of benzene rings is 2. The second-order valence-electron chi connectivity index (χ2n) is 7.65. The predicted octanol–water partition coefficient (Wildman–Crippen LogP) is 4.35. The van der Waals surface area contributed by atoms with Gasteiger partial charge in [-0.05, 0) is 42.5 Å². The summed E-state index contributed by atoms with van der Waals surface area (Å²) in [6, 6.07) is 14.7. The number of aryl methyl sites for hydroxylation is 1. The van der Waals surface area contributed by atoms with Crippen LogP contribution in [-0.4, -0.2) is 21.2 Å². The molecule has 2 aromatic carbocycles. The number of carbonyl (C=O) groups excluding carboxylic acids is 1. The summed E-state index contributed by atoms with van der Waals surface area (Å²) in [6.45, 7) is 1.84. The minimum atomic E-state index is -0.400. The molecular weight excluding hydrogens is 368 g/mol. The lowest BCUT2D eigenvalue weighted by Gasteiger charge is -2.34. The number of hydrogen-bond acceptors (Lipinski definition) is 6. The summed E-state index contributed by atoms with van der Waals surface area (Å²) in [5.74, 6) is -0.128. The van der Waals surface area contributed by atoms with Gasteiger partial charge in [-0.25, -0.2) is 0 Å². The Morgan fingerprint density at radius 2 is 1.83 bits per heavy atom. The van der Waals surface area contributed by atoms with E-state index in [1.54, 1.807) is 6.07 Å². The van der Waals surface area contributed by atoms with E-state index >= 15 is 0 Å². The maximum atomic E-state index is 13.3. The second-order valence-corrected chi connectivity index (χ2v) is 7.65. The van der Waals surface area contributed by atoms with Crippen LogP contribution in [-0.2, 0) is 4.79 Å². The lowest BCUT2D eigenvalue weighted by Crippen LogP contribution is -2.29. The summed E-state index contributed by atoms with van der Waals surface area (Å²) < 4.78 is 5.50. The fourth-order valence-electron chi connectivity index (χ4n) is 4.49. The molecule has 0 amide bonds. The molecule has 1 aliphatic carbocycles. The Bertz CT molecular complexity index is 1150. The highest BCUT2D eigenvalue weighted by Gasteiger charge is 2.41. The van der Waals surface area contributed by atoms with Crippen LogP contribution in [0.15, 0.2) is 64.3 Å². The quantitative estimate of drug-likeness (QED) is 0.565. The normalized spacial score (nSPS) is 20.8. The van der Waals surface area contributed by atoms with E-state index in [-0.39, 0.29) is 23.2 Å². The fourth-order valence-corrected chi connectivity index (χ4v) is 4.49. The zero-order chi connectivity index (χ0) is 20.1. The number of aromatic nitrogens is 1. The first-order chi connectivity index (χ1) is 14.0. The molecule has 146 valence electrons. The van der Waals surface area contributed by atoms with Crippen molar-refractivity contribution in [3.8, 4) is 11.5 Å². The van der Waals surface area contributed by atoms with Gasteiger partial charge in [-0.15, -0.1) is 0 Å². The van der Waals surface area contributed by atoms with E-state index in [1.807, 2.05) is 37.3 Å². The van der Waals surface area contributed by atoms with Crippen LogP contribution in [0.3, 0.4) is 0 Å². The van der Waals surface area contributed by atoms with E-state index in [9.17, 15) is 15.0 Å². The lowest BCUT2D eigenvalue weighted by molar-refractivity contribution is -0.116. The van der Waals surface area contributed by atoms with Crippen LogP contribution < -0.4 is 5.32 Å². The molecule has 6 heteroatoms. The number of Topliss-reactive ketones (excluding diaryl/α,β-unsaturated/α-hetero) is 1. The van der Waals surface area contributed by atoms with Crippen molar-refractivity contribution >= 4 is 11.7 Å². The molecule has 2 unspecified atom stereocenters. The summed E-state index contributed by atoms with van der Waals surface area (Å²) in [6.07, 6.45) is 1.11. The molecule has 1 aliphatic heterocycles. The van der Waals surface area contributed by atoms with Crippen LogP contribution >= 0.6 is 0 Å². The van der Waals surface area contributed by atoms with E-state index in [0.717, 1.165) is 16.8 Å². The number of phenols is 2. The number of ketones is 1. The Morgan fingerprint density at radius 3 is 2.59 bits per heavy atom. The Labute approximate surface area is 167 Å². The number of phenolic OH excluding ortho intramolecular Hbond substituents is 2. The largest absolute Gasteiger partial charge is 0.504 e. The highest BCUT2D eigenvalue weighted by molar-refractivity contribution is 6.01. The van der Waals surface area contributed by atoms with Crippen LogP contribution in [0, 0.1) is 6.92 Å². The first-order valence-electron chi connectivity index (χ1n) is 9.59. The number of nitrogens with zero attached hydrogens (tertiary/aromatic N) is 1. The number of allylic oxidation sites excluding steroid dienone is 2. The van der Waals surface area contributed by atoms with Gasteiger partial charge >= 0.3 is 0 Å². The molecule has 0 spiro atoms. The van der Waals surface area contributed by atoms with Crippen molar-refractivity contribution in [3.05, 3.63) is 82.2 Å². The Kier molecular flexibility index (Phi) is 3.94. The average molecular weight is 388 g/mol. The van der Waals surface area contributed by atoms with Crippen molar-refractivity contribution in [2.24, 2.45) is 0 Å². The number of rotatable bonds is 2. The molecule has 0 fully saturated rings. The number of fused-ring (bicyclic) bond motifs is 1. The molecule has 6 nitrogen and oxygen atoms in total. The summed E-state index contributed by atoms with van der Waals surface area (Å²) >= 11 is 0. The van der Waals surface area contributed by atoms with Gasteiger partial charge in [0, 0.05) is 23.6 Å². The third-order valence-corrected chi connectivity index (χ3v) is 5.86. The molecule has 0 saturated carbocycles. The molecule has 5 rings (SSSR count). The van der Waals surface area contributed by atoms with Crippen molar-refractivity contribution in [1.82, 2.24) is 5.16 Å². The second kappa shape index (κ2) is 6.51. The summed E-state index contributed by atoms with van der Waals surface area (Å²) in [5, 5.41) is 27.2. The molecule has 1 aromatic heterocycles. The minimum absolute atomic E-state index is 0.0661. The van der Waals surface area contributed by atoms with E-state index in [4.69, 9.17) is 4.52 Å². The number of aromatic hydroxyl groups is 2. The van der Waals surface area contributed by atoms with Crippen molar-refractivity contribution in [2.75, 3.05) is 5.32 Å². The third kappa shape index (κ3) is 2.79. The van der Waals surface area contributed by atoms with Crippen LogP contribution in [0.1, 0.15) is 47.1 Å². The van der Waals surface area contributed by atoms with E-state index < -0.39 is 5.92 Å². The first kappa shape index (κ1) is 17.6. The maximum absolute atomic E-state index is 13.3. The standard InChI is InChI=1S/C23H20N2O4/c1-12-20-21(14-7-8-17(26)18(27)10-14)22-16(24-23(20)29-25-12)9-15(11-19(22)28)13-5-3-2-4-6-13/h2-8,10,15,21,24,26-27H,9,11H2,1H3. The summed E-state index contributed by atoms with van der Waals surface area (Å²) in [4.78, 5) is 13.3. The third-order valence-electron chi connectivity index (χ3n) is 5.86. The molecule has 29 heavy (non-hydrogen) atoms. The van der Waals surface area contributed by atoms with Gasteiger partial charge in [0.15, 0.2) is 17.3 Å². The van der Waals surface area contributed by atoms with Crippen LogP contribution in [0.2, 0.25) is 0 Å². The van der Waals surface area contributed by atoms with Gasteiger partial charge < -0.3 is 20.1 Å². The van der Waals surface area contributed by atoms with Gasteiger partial charge in [0.1, 0.15) is 0 Å². The SMILES string of the molecule is Cc1noc2c1C(c1ccc(O)c(O)c1)C1=C(CC(c3ccccc3)CC1=O)N2. The average Bonchev–Trinajstić information content (AvgIpc) is 3.09. The van der Waals surface area contributed by atoms with Gasteiger partial charge in [0.05, 0.1) is 11.3 Å². The van der Waals surface area contributed by atoms with E-state index in [1.165, 1.54) is 12.1 Å².